The molecule has 2 aromatic heterocycles. The normalized spacial score (nSPS) is 12.4. The summed E-state index contributed by atoms with van der Waals surface area (Å²) >= 11 is 1.84. The third-order valence-corrected chi connectivity index (χ3v) is 4.21. The van der Waals surface area contributed by atoms with Crippen LogP contribution >= 0.6 is 11.3 Å². The molecule has 0 saturated heterocycles. The van der Waals surface area contributed by atoms with Gasteiger partial charge in [0.15, 0.2) is 0 Å². The summed E-state index contributed by atoms with van der Waals surface area (Å²) in [4.78, 5) is 7.31. The molecule has 0 bridgehead atoms. The minimum absolute atomic E-state index is 0.298. The topological polar surface area (TPSA) is 50.7 Å². The molecule has 0 fully saturated rings. The van der Waals surface area contributed by atoms with E-state index in [1.54, 1.807) is 0 Å². The molecule has 0 aromatic carbocycles. The van der Waals surface area contributed by atoms with E-state index in [9.17, 15) is 0 Å². The van der Waals surface area contributed by atoms with Gasteiger partial charge in [-0.25, -0.2) is 4.98 Å². The molecular weight excluding hydrogens is 268 g/mol. The van der Waals surface area contributed by atoms with Gasteiger partial charge < -0.3 is 5.32 Å². The van der Waals surface area contributed by atoms with Crippen molar-refractivity contribution < 1.29 is 0 Å². The number of nitrogens with zero attached hydrogens (tertiary/aromatic N) is 3. The fraction of sp³-hybridized carbons (Fsp3) is 0.533. The average Bonchev–Trinajstić information content (AvgIpc) is 2.83. The maximum Gasteiger partial charge on any atom is 0.243 e. The highest BCUT2D eigenvalue weighted by Crippen LogP contribution is 2.17. The summed E-state index contributed by atoms with van der Waals surface area (Å²) in [5, 5.41) is 11.8. The van der Waals surface area contributed by atoms with Gasteiger partial charge in [-0.2, -0.15) is 5.10 Å². The molecule has 108 valence electrons. The number of aryl methyl sites for hydroxylation is 3. The van der Waals surface area contributed by atoms with Crippen molar-refractivity contribution >= 4 is 17.3 Å². The van der Waals surface area contributed by atoms with Gasteiger partial charge in [0.2, 0.25) is 5.95 Å². The van der Waals surface area contributed by atoms with Gasteiger partial charge in [0.1, 0.15) is 0 Å². The van der Waals surface area contributed by atoms with Crippen LogP contribution in [0.15, 0.2) is 12.1 Å². The molecule has 0 amide bonds. The van der Waals surface area contributed by atoms with Gasteiger partial charge in [0.25, 0.3) is 0 Å². The van der Waals surface area contributed by atoms with Gasteiger partial charge in [-0.05, 0) is 38.8 Å². The molecule has 4 nitrogen and oxygen atoms in total. The van der Waals surface area contributed by atoms with E-state index in [1.807, 2.05) is 11.3 Å². The zero-order valence-electron chi connectivity index (χ0n) is 12.6. The molecule has 1 N–H and O–H groups in total. The number of thiophene rings is 1. The third kappa shape index (κ3) is 3.76. The van der Waals surface area contributed by atoms with Crippen LogP contribution in [0.4, 0.5) is 5.95 Å². The first kappa shape index (κ1) is 14.9. The molecule has 0 radical (unpaired) electrons. The van der Waals surface area contributed by atoms with E-state index in [-0.39, 0.29) is 0 Å². The Kier molecular flexibility index (Phi) is 5.06. The summed E-state index contributed by atoms with van der Waals surface area (Å²) < 4.78 is 0. The fourth-order valence-corrected chi connectivity index (χ4v) is 3.19. The Hall–Kier alpha value is -1.49. The standard InChI is InChI=1S/C15H22N4S/c1-5-13-14(6-2)18-19-15(17-13)16-10(3)9-12-8-7-11(4)20-12/h7-8,10H,5-6,9H2,1-4H3,(H,16,17,19). The number of hydrogen-bond donors (Lipinski definition) is 1. The second kappa shape index (κ2) is 6.79. The molecule has 0 saturated carbocycles. The Morgan fingerprint density at radius 3 is 2.50 bits per heavy atom. The smallest absolute Gasteiger partial charge is 0.243 e. The molecule has 20 heavy (non-hydrogen) atoms. The van der Waals surface area contributed by atoms with Gasteiger partial charge in [-0.3, -0.25) is 0 Å². The van der Waals surface area contributed by atoms with Crippen molar-refractivity contribution in [2.75, 3.05) is 5.32 Å². The summed E-state index contributed by atoms with van der Waals surface area (Å²) in [6, 6.07) is 4.65. The Labute approximate surface area is 124 Å². The predicted octanol–water partition coefficient (Wildman–Crippen LogP) is 3.41. The molecule has 5 heteroatoms. The lowest BCUT2D eigenvalue weighted by molar-refractivity contribution is 0.757. The fourth-order valence-electron chi connectivity index (χ4n) is 2.17. The van der Waals surface area contributed by atoms with Crippen LogP contribution in [0.3, 0.4) is 0 Å². The molecule has 0 aliphatic rings. The lowest BCUT2D eigenvalue weighted by Crippen LogP contribution is -2.20. The van der Waals surface area contributed by atoms with Crippen LogP contribution in [0, 0.1) is 6.92 Å². The Balaban J connectivity index is 2.02. The zero-order valence-corrected chi connectivity index (χ0v) is 13.4. The second-order valence-electron chi connectivity index (χ2n) is 5.00. The van der Waals surface area contributed by atoms with E-state index in [1.165, 1.54) is 9.75 Å². The monoisotopic (exact) mass is 290 g/mol. The quantitative estimate of drug-likeness (QED) is 0.885. The van der Waals surface area contributed by atoms with Crippen LogP contribution in [-0.2, 0) is 19.3 Å². The van der Waals surface area contributed by atoms with Crippen molar-refractivity contribution in [2.24, 2.45) is 0 Å². The third-order valence-electron chi connectivity index (χ3n) is 3.19. The van der Waals surface area contributed by atoms with Crippen molar-refractivity contribution in [3.8, 4) is 0 Å². The highest BCUT2D eigenvalue weighted by Gasteiger charge is 2.10. The van der Waals surface area contributed by atoms with Gasteiger partial charge in [-0.15, -0.1) is 16.4 Å². The van der Waals surface area contributed by atoms with Crippen molar-refractivity contribution in [2.45, 2.75) is 53.0 Å². The lowest BCUT2D eigenvalue weighted by atomic mass is 10.2. The van der Waals surface area contributed by atoms with Crippen LogP contribution in [0.5, 0.6) is 0 Å². The maximum atomic E-state index is 4.57. The Morgan fingerprint density at radius 1 is 1.15 bits per heavy atom. The zero-order chi connectivity index (χ0) is 14.5. The van der Waals surface area contributed by atoms with E-state index < -0.39 is 0 Å². The van der Waals surface area contributed by atoms with Crippen LogP contribution < -0.4 is 5.32 Å². The summed E-state index contributed by atoms with van der Waals surface area (Å²) in [5.74, 6) is 0.639. The van der Waals surface area contributed by atoms with Gasteiger partial charge in [0, 0.05) is 22.2 Å². The van der Waals surface area contributed by atoms with Crippen molar-refractivity contribution in [3.05, 3.63) is 33.3 Å². The molecule has 0 aliphatic carbocycles. The van der Waals surface area contributed by atoms with Gasteiger partial charge in [0.05, 0.1) is 11.4 Å². The largest absolute Gasteiger partial charge is 0.350 e. The number of aromatic nitrogens is 3. The van der Waals surface area contributed by atoms with E-state index in [0.717, 1.165) is 30.7 Å². The molecule has 0 aliphatic heterocycles. The van der Waals surface area contributed by atoms with E-state index >= 15 is 0 Å². The highest BCUT2D eigenvalue weighted by atomic mass is 32.1. The molecule has 2 heterocycles. The second-order valence-corrected chi connectivity index (χ2v) is 6.37. The van der Waals surface area contributed by atoms with Crippen molar-refractivity contribution in [1.82, 2.24) is 15.2 Å². The van der Waals surface area contributed by atoms with Crippen LogP contribution in [-0.4, -0.2) is 21.2 Å². The number of rotatable bonds is 6. The summed E-state index contributed by atoms with van der Waals surface area (Å²) in [7, 11) is 0. The molecule has 1 atom stereocenters. The summed E-state index contributed by atoms with van der Waals surface area (Å²) in [6.07, 6.45) is 2.76. The molecule has 2 aromatic rings. The first-order valence-electron chi connectivity index (χ1n) is 7.16. The van der Waals surface area contributed by atoms with E-state index in [2.05, 4.69) is 60.3 Å². The number of hydrogen-bond acceptors (Lipinski definition) is 5. The molecule has 1 unspecified atom stereocenters. The minimum atomic E-state index is 0.298. The number of nitrogens with one attached hydrogen (secondary N) is 1. The number of anilines is 1. The molecule has 0 spiro atoms. The summed E-state index contributed by atoms with van der Waals surface area (Å²) in [6.45, 7) is 8.47. The van der Waals surface area contributed by atoms with Gasteiger partial charge >= 0.3 is 0 Å². The average molecular weight is 290 g/mol. The van der Waals surface area contributed by atoms with Gasteiger partial charge in [-0.1, -0.05) is 13.8 Å². The van der Waals surface area contributed by atoms with E-state index in [0.29, 0.717) is 12.0 Å². The maximum absolute atomic E-state index is 4.57. The SMILES string of the molecule is CCc1nnc(NC(C)Cc2ccc(C)s2)nc1CC. The first-order chi connectivity index (χ1) is 9.62. The predicted molar refractivity (Wildman–Crippen MR) is 84.4 cm³/mol. The van der Waals surface area contributed by atoms with Crippen LogP contribution in [0.1, 0.15) is 41.9 Å². The lowest BCUT2D eigenvalue weighted by Gasteiger charge is -2.13. The Morgan fingerprint density at radius 2 is 1.90 bits per heavy atom. The van der Waals surface area contributed by atoms with Crippen LogP contribution in [0.25, 0.3) is 0 Å². The summed E-state index contributed by atoms with van der Waals surface area (Å²) in [5.41, 5.74) is 2.05. The first-order valence-corrected chi connectivity index (χ1v) is 7.98. The van der Waals surface area contributed by atoms with Crippen molar-refractivity contribution in [1.29, 1.82) is 0 Å². The Bertz CT molecular complexity index is 565. The van der Waals surface area contributed by atoms with Crippen LogP contribution in [0.2, 0.25) is 0 Å². The van der Waals surface area contributed by atoms with E-state index in [4.69, 9.17) is 0 Å². The highest BCUT2D eigenvalue weighted by molar-refractivity contribution is 7.11. The molecule has 2 rings (SSSR count). The molecular formula is C15H22N4S. The minimum Gasteiger partial charge on any atom is -0.350 e. The van der Waals surface area contributed by atoms with Crippen molar-refractivity contribution in [3.63, 3.8) is 0 Å².